The largest absolute Gasteiger partial charge is 0.361 e. The second-order valence-electron chi connectivity index (χ2n) is 3.43. The van der Waals surface area contributed by atoms with Crippen LogP contribution in [0, 0.1) is 0 Å². The Morgan fingerprint density at radius 1 is 1.29 bits per heavy atom. The molecule has 0 atom stereocenters. The van der Waals surface area contributed by atoms with Crippen molar-refractivity contribution in [3.05, 3.63) is 24.3 Å². The van der Waals surface area contributed by atoms with Gasteiger partial charge in [0.05, 0.1) is 6.54 Å². The number of rotatable bonds is 3. The molecule has 3 heterocycles. The summed E-state index contributed by atoms with van der Waals surface area (Å²) in [6.07, 6.45) is 1.65. The predicted molar refractivity (Wildman–Crippen MR) is 56.9 cm³/mol. The van der Waals surface area contributed by atoms with Crippen LogP contribution in [0.1, 0.15) is 5.82 Å². The molecule has 3 aromatic rings. The molecule has 0 fully saturated rings. The number of tetrazole rings is 1. The zero-order valence-corrected chi connectivity index (χ0v) is 9.02. The van der Waals surface area contributed by atoms with Gasteiger partial charge in [0.1, 0.15) is 12.1 Å². The fourth-order valence-electron chi connectivity index (χ4n) is 1.38. The van der Waals surface area contributed by atoms with E-state index in [1.165, 1.54) is 4.63 Å². The second kappa shape index (κ2) is 3.77. The minimum atomic E-state index is 0.501. The van der Waals surface area contributed by atoms with E-state index in [0.29, 0.717) is 23.8 Å². The molecule has 0 aliphatic rings. The van der Waals surface area contributed by atoms with Gasteiger partial charge in [-0.1, -0.05) is 0 Å². The molecule has 3 rings (SSSR count). The van der Waals surface area contributed by atoms with Crippen molar-refractivity contribution in [1.82, 2.24) is 40.0 Å². The molecule has 0 amide bonds. The first-order valence-corrected chi connectivity index (χ1v) is 4.95. The van der Waals surface area contributed by atoms with E-state index in [9.17, 15) is 0 Å². The number of aryl methyl sites for hydroxylation is 1. The molecule has 0 aliphatic carbocycles. The van der Waals surface area contributed by atoms with Gasteiger partial charge in [-0.15, -0.1) is 14.8 Å². The lowest BCUT2D eigenvalue weighted by Crippen LogP contribution is -2.06. The Bertz CT molecular complexity index is 639. The van der Waals surface area contributed by atoms with Crippen LogP contribution < -0.4 is 5.32 Å². The Hall–Kier alpha value is -2.58. The van der Waals surface area contributed by atoms with E-state index in [1.807, 2.05) is 7.05 Å². The van der Waals surface area contributed by atoms with Crippen molar-refractivity contribution in [2.75, 3.05) is 5.32 Å². The zero-order valence-electron chi connectivity index (χ0n) is 9.02. The highest BCUT2D eigenvalue weighted by atomic mass is 15.6. The van der Waals surface area contributed by atoms with Gasteiger partial charge in [0.2, 0.25) is 0 Å². The molecular weight excluding hydrogens is 222 g/mol. The van der Waals surface area contributed by atoms with Gasteiger partial charge in [0.25, 0.3) is 0 Å². The number of nitrogens with one attached hydrogen (secondary N) is 1. The third-order valence-corrected chi connectivity index (χ3v) is 2.14. The summed E-state index contributed by atoms with van der Waals surface area (Å²) in [6, 6.07) is 3.58. The average molecular weight is 231 g/mol. The van der Waals surface area contributed by atoms with Crippen LogP contribution in [0.4, 0.5) is 5.82 Å². The lowest BCUT2D eigenvalue weighted by molar-refractivity contribution is 0.729. The lowest BCUT2D eigenvalue weighted by atomic mass is 10.5. The molecule has 0 saturated heterocycles. The van der Waals surface area contributed by atoms with Crippen molar-refractivity contribution in [2.45, 2.75) is 6.54 Å². The van der Waals surface area contributed by atoms with Crippen molar-refractivity contribution in [2.24, 2.45) is 7.05 Å². The van der Waals surface area contributed by atoms with Gasteiger partial charge in [0, 0.05) is 7.05 Å². The van der Waals surface area contributed by atoms with Crippen LogP contribution in [0.15, 0.2) is 18.5 Å². The molecular formula is C8H9N9. The summed E-state index contributed by atoms with van der Waals surface area (Å²) >= 11 is 0. The molecule has 0 radical (unpaired) electrons. The van der Waals surface area contributed by atoms with Gasteiger partial charge < -0.3 is 5.32 Å². The van der Waals surface area contributed by atoms with Crippen LogP contribution in [0.3, 0.4) is 0 Å². The highest BCUT2D eigenvalue weighted by Crippen LogP contribution is 2.04. The van der Waals surface area contributed by atoms with Crippen molar-refractivity contribution >= 4 is 11.5 Å². The Morgan fingerprint density at radius 2 is 2.24 bits per heavy atom. The fraction of sp³-hybridized carbons (Fsp3) is 0.250. The SMILES string of the molecule is Cn1cnc(CNc2ccc3nnnn3n2)n1. The first-order chi connectivity index (χ1) is 8.31. The Balaban J connectivity index is 1.76. The molecule has 9 heteroatoms. The standard InChI is InChI=1S/C8H9N9/c1-16-5-10-7(12-16)4-9-6-2-3-8-11-14-15-17(8)13-6/h2-3,5H,4H2,1H3,(H,9,13). The van der Waals surface area contributed by atoms with Crippen molar-refractivity contribution in [3.8, 4) is 0 Å². The molecule has 0 saturated carbocycles. The monoisotopic (exact) mass is 231 g/mol. The number of nitrogens with zero attached hydrogens (tertiary/aromatic N) is 8. The summed E-state index contributed by atoms with van der Waals surface area (Å²) < 4.78 is 3.00. The van der Waals surface area contributed by atoms with E-state index in [4.69, 9.17) is 0 Å². The molecule has 1 N–H and O–H groups in total. The first kappa shape index (κ1) is 9.63. The van der Waals surface area contributed by atoms with E-state index in [-0.39, 0.29) is 0 Å². The third-order valence-electron chi connectivity index (χ3n) is 2.14. The minimum Gasteiger partial charge on any atom is -0.361 e. The summed E-state index contributed by atoms with van der Waals surface area (Å²) in [5, 5.41) is 22.4. The smallest absolute Gasteiger partial charge is 0.200 e. The summed E-state index contributed by atoms with van der Waals surface area (Å²) in [5.74, 6) is 1.36. The van der Waals surface area contributed by atoms with Gasteiger partial charge in [0.15, 0.2) is 11.5 Å². The molecule has 0 unspecified atom stereocenters. The molecule has 86 valence electrons. The van der Waals surface area contributed by atoms with E-state index >= 15 is 0 Å². The normalized spacial score (nSPS) is 10.9. The van der Waals surface area contributed by atoms with Gasteiger partial charge in [-0.25, -0.2) is 4.98 Å². The van der Waals surface area contributed by atoms with Crippen LogP contribution in [-0.4, -0.2) is 40.0 Å². The average Bonchev–Trinajstić information content (AvgIpc) is 2.94. The van der Waals surface area contributed by atoms with E-state index in [0.717, 1.165) is 0 Å². The highest BCUT2D eigenvalue weighted by Gasteiger charge is 2.02. The quantitative estimate of drug-likeness (QED) is 0.633. The van der Waals surface area contributed by atoms with Crippen molar-refractivity contribution in [1.29, 1.82) is 0 Å². The fourth-order valence-corrected chi connectivity index (χ4v) is 1.38. The number of fused-ring (bicyclic) bond motifs is 1. The molecule has 3 aromatic heterocycles. The Kier molecular flexibility index (Phi) is 2.14. The first-order valence-electron chi connectivity index (χ1n) is 4.95. The number of hydrogen-bond donors (Lipinski definition) is 1. The third kappa shape index (κ3) is 1.89. The number of anilines is 1. The molecule has 0 bridgehead atoms. The zero-order chi connectivity index (χ0) is 11.7. The number of aromatic nitrogens is 8. The van der Waals surface area contributed by atoms with Crippen molar-refractivity contribution < 1.29 is 0 Å². The van der Waals surface area contributed by atoms with Crippen LogP contribution in [-0.2, 0) is 13.6 Å². The van der Waals surface area contributed by atoms with Crippen LogP contribution in [0.25, 0.3) is 5.65 Å². The summed E-state index contributed by atoms with van der Waals surface area (Å²) in [4.78, 5) is 4.10. The van der Waals surface area contributed by atoms with Gasteiger partial charge in [-0.05, 0) is 22.6 Å². The molecule has 0 aliphatic heterocycles. The van der Waals surface area contributed by atoms with Crippen LogP contribution in [0.5, 0.6) is 0 Å². The summed E-state index contributed by atoms with van der Waals surface area (Å²) in [5.41, 5.74) is 0.603. The van der Waals surface area contributed by atoms with E-state index in [2.05, 4.69) is 36.0 Å². The lowest BCUT2D eigenvalue weighted by Gasteiger charge is -2.01. The maximum absolute atomic E-state index is 4.16. The number of hydrogen-bond acceptors (Lipinski definition) is 7. The Labute approximate surface area is 95.5 Å². The second-order valence-corrected chi connectivity index (χ2v) is 3.43. The maximum atomic E-state index is 4.16. The molecule has 9 nitrogen and oxygen atoms in total. The predicted octanol–water partition coefficient (Wildman–Crippen LogP) is -0.740. The van der Waals surface area contributed by atoms with E-state index < -0.39 is 0 Å². The van der Waals surface area contributed by atoms with Gasteiger partial charge >= 0.3 is 0 Å². The Morgan fingerprint density at radius 3 is 3.06 bits per heavy atom. The van der Waals surface area contributed by atoms with Crippen LogP contribution in [0.2, 0.25) is 0 Å². The minimum absolute atomic E-state index is 0.501. The topological polar surface area (TPSA) is 98.7 Å². The van der Waals surface area contributed by atoms with Crippen LogP contribution >= 0.6 is 0 Å². The maximum Gasteiger partial charge on any atom is 0.200 e. The molecule has 0 spiro atoms. The summed E-state index contributed by atoms with van der Waals surface area (Å²) in [7, 11) is 1.82. The highest BCUT2D eigenvalue weighted by molar-refractivity contribution is 5.41. The van der Waals surface area contributed by atoms with Gasteiger partial charge in [-0.2, -0.15) is 5.10 Å². The molecule has 0 aromatic carbocycles. The van der Waals surface area contributed by atoms with Gasteiger partial charge in [-0.3, -0.25) is 4.68 Å². The van der Waals surface area contributed by atoms with E-state index in [1.54, 1.807) is 23.1 Å². The molecule has 17 heavy (non-hydrogen) atoms. The summed E-state index contributed by atoms with van der Waals surface area (Å²) in [6.45, 7) is 0.501. The van der Waals surface area contributed by atoms with Crippen molar-refractivity contribution in [3.63, 3.8) is 0 Å².